The number of nitrogens with one attached hydrogen (secondary N) is 1. The Balaban J connectivity index is 1.82. The zero-order chi connectivity index (χ0) is 16.2. The van der Waals surface area contributed by atoms with E-state index in [-0.39, 0.29) is 5.91 Å². The van der Waals surface area contributed by atoms with E-state index in [1.165, 1.54) is 0 Å². The number of ether oxygens (including phenoxy) is 2. The molecule has 4 nitrogen and oxygen atoms in total. The zero-order valence-electron chi connectivity index (χ0n) is 13.5. The number of carbonyl (C=O) groups excluding carboxylic acids is 1. The van der Waals surface area contributed by atoms with Crippen LogP contribution >= 0.6 is 0 Å². The molecule has 0 aliphatic carbocycles. The van der Waals surface area contributed by atoms with Crippen LogP contribution in [0.5, 0.6) is 11.5 Å². The average Bonchev–Trinajstić information content (AvgIpc) is 2.61. The van der Waals surface area contributed by atoms with E-state index in [4.69, 9.17) is 9.47 Å². The highest BCUT2D eigenvalue weighted by atomic mass is 16.6. The molecule has 1 heterocycles. The molecule has 120 valence electrons. The predicted molar refractivity (Wildman–Crippen MR) is 90.5 cm³/mol. The molecule has 1 aliphatic rings. The van der Waals surface area contributed by atoms with Crippen LogP contribution < -0.4 is 14.8 Å². The van der Waals surface area contributed by atoms with Gasteiger partial charge in [0, 0.05) is 11.3 Å². The van der Waals surface area contributed by atoms with Crippen LogP contribution in [0.25, 0.3) is 0 Å². The van der Waals surface area contributed by atoms with Crippen LogP contribution in [0, 0.1) is 0 Å². The molecular weight excluding hydrogens is 290 g/mol. The van der Waals surface area contributed by atoms with Crippen molar-refractivity contribution in [3.8, 4) is 11.5 Å². The number of para-hydroxylation sites is 1. The Morgan fingerprint density at radius 2 is 1.87 bits per heavy atom. The van der Waals surface area contributed by atoms with Crippen LogP contribution in [0.2, 0.25) is 0 Å². The molecule has 0 unspecified atom stereocenters. The maximum absolute atomic E-state index is 12.6. The molecule has 1 aliphatic heterocycles. The number of amides is 1. The van der Waals surface area contributed by atoms with Gasteiger partial charge in [-0.05, 0) is 42.2 Å². The van der Waals surface area contributed by atoms with Crippen molar-refractivity contribution in [1.29, 1.82) is 0 Å². The maximum Gasteiger partial charge on any atom is 0.255 e. The van der Waals surface area contributed by atoms with Crippen molar-refractivity contribution in [2.45, 2.75) is 26.2 Å². The molecule has 1 atom stereocenters. The van der Waals surface area contributed by atoms with Crippen LogP contribution in [0.4, 0.5) is 5.69 Å². The Bertz CT molecular complexity index is 712. The second-order valence-corrected chi connectivity index (χ2v) is 5.71. The predicted octanol–water partition coefficient (Wildman–Crippen LogP) is 4.22. The summed E-state index contributed by atoms with van der Waals surface area (Å²) in [6.07, 6.45) is 1.02. The molecule has 2 aromatic rings. The van der Waals surface area contributed by atoms with Crippen LogP contribution in [-0.4, -0.2) is 19.1 Å². The van der Waals surface area contributed by atoms with Gasteiger partial charge in [-0.15, -0.1) is 0 Å². The molecule has 0 fully saturated rings. The fraction of sp³-hybridized carbons (Fsp3) is 0.316. The van der Waals surface area contributed by atoms with E-state index >= 15 is 0 Å². The van der Waals surface area contributed by atoms with Crippen molar-refractivity contribution in [1.82, 2.24) is 0 Å². The molecule has 0 spiro atoms. The smallest absolute Gasteiger partial charge is 0.255 e. The molecule has 0 saturated carbocycles. The summed E-state index contributed by atoms with van der Waals surface area (Å²) in [7, 11) is 0. The Morgan fingerprint density at radius 1 is 1.13 bits per heavy atom. The van der Waals surface area contributed by atoms with Gasteiger partial charge in [-0.1, -0.05) is 32.0 Å². The Kier molecular flexibility index (Phi) is 4.51. The number of benzene rings is 2. The van der Waals surface area contributed by atoms with Crippen molar-refractivity contribution in [2.75, 3.05) is 18.5 Å². The van der Waals surface area contributed by atoms with E-state index in [1.807, 2.05) is 18.2 Å². The first-order valence-electron chi connectivity index (χ1n) is 7.99. The number of hydrogen-bond acceptors (Lipinski definition) is 3. The zero-order valence-corrected chi connectivity index (χ0v) is 13.5. The lowest BCUT2D eigenvalue weighted by Gasteiger charge is -2.19. The lowest BCUT2D eigenvalue weighted by molar-refractivity contribution is 0.102. The molecule has 0 radical (unpaired) electrons. The summed E-state index contributed by atoms with van der Waals surface area (Å²) in [5.74, 6) is 1.57. The lowest BCUT2D eigenvalue weighted by Crippen LogP contribution is -2.17. The van der Waals surface area contributed by atoms with E-state index in [9.17, 15) is 4.79 Å². The SMILES string of the molecule is CC[C@@H](C)c1ccccc1NC(=O)c1ccc2c(c1)OCCO2. The third-order valence-electron chi connectivity index (χ3n) is 4.16. The van der Waals surface area contributed by atoms with Gasteiger partial charge < -0.3 is 14.8 Å². The van der Waals surface area contributed by atoms with Crippen molar-refractivity contribution in [3.63, 3.8) is 0 Å². The standard InChI is InChI=1S/C19H21NO3/c1-3-13(2)15-6-4-5-7-16(15)20-19(21)14-8-9-17-18(12-14)23-11-10-22-17/h4-9,12-13H,3,10-11H2,1-2H3,(H,20,21)/t13-/m1/s1. The highest BCUT2D eigenvalue weighted by Crippen LogP contribution is 2.31. The first-order chi connectivity index (χ1) is 11.2. The average molecular weight is 311 g/mol. The molecule has 0 bridgehead atoms. The second-order valence-electron chi connectivity index (χ2n) is 5.71. The topological polar surface area (TPSA) is 47.6 Å². The molecule has 3 rings (SSSR count). The summed E-state index contributed by atoms with van der Waals surface area (Å²) in [4.78, 5) is 12.6. The summed E-state index contributed by atoms with van der Waals surface area (Å²) in [5.41, 5.74) is 2.58. The van der Waals surface area contributed by atoms with Gasteiger partial charge >= 0.3 is 0 Å². The van der Waals surface area contributed by atoms with Crippen molar-refractivity contribution in [3.05, 3.63) is 53.6 Å². The lowest BCUT2D eigenvalue weighted by atomic mass is 9.97. The van der Waals surface area contributed by atoms with Crippen LogP contribution in [0.3, 0.4) is 0 Å². The fourth-order valence-corrected chi connectivity index (χ4v) is 2.64. The molecule has 2 aromatic carbocycles. The molecule has 1 N–H and O–H groups in total. The molecule has 0 saturated heterocycles. The van der Waals surface area contributed by atoms with E-state index in [0.717, 1.165) is 17.7 Å². The minimum atomic E-state index is -0.141. The normalized spacial score (nSPS) is 14.2. The minimum Gasteiger partial charge on any atom is -0.486 e. The Hall–Kier alpha value is -2.49. The number of rotatable bonds is 4. The second kappa shape index (κ2) is 6.73. The van der Waals surface area contributed by atoms with Gasteiger partial charge in [0.1, 0.15) is 13.2 Å². The first kappa shape index (κ1) is 15.4. The van der Waals surface area contributed by atoms with E-state index in [2.05, 4.69) is 25.2 Å². The number of carbonyl (C=O) groups is 1. The summed E-state index contributed by atoms with van der Waals surface area (Å²) >= 11 is 0. The van der Waals surface area contributed by atoms with Crippen molar-refractivity contribution >= 4 is 11.6 Å². The van der Waals surface area contributed by atoms with E-state index in [0.29, 0.717) is 36.2 Å². The van der Waals surface area contributed by atoms with Crippen LogP contribution in [0.15, 0.2) is 42.5 Å². The van der Waals surface area contributed by atoms with Gasteiger partial charge in [0.05, 0.1) is 0 Å². The summed E-state index contributed by atoms with van der Waals surface area (Å²) < 4.78 is 11.0. The van der Waals surface area contributed by atoms with Gasteiger partial charge in [-0.2, -0.15) is 0 Å². The fourth-order valence-electron chi connectivity index (χ4n) is 2.64. The molecule has 4 heteroatoms. The van der Waals surface area contributed by atoms with Gasteiger partial charge in [0.2, 0.25) is 0 Å². The van der Waals surface area contributed by atoms with E-state index < -0.39 is 0 Å². The summed E-state index contributed by atoms with van der Waals surface area (Å²) in [5, 5.41) is 3.01. The van der Waals surface area contributed by atoms with Crippen LogP contribution in [0.1, 0.15) is 42.1 Å². The molecule has 23 heavy (non-hydrogen) atoms. The first-order valence-corrected chi connectivity index (χ1v) is 7.99. The molecular formula is C19H21NO3. The molecule has 1 amide bonds. The largest absolute Gasteiger partial charge is 0.486 e. The highest BCUT2D eigenvalue weighted by molar-refractivity contribution is 6.05. The van der Waals surface area contributed by atoms with Crippen molar-refractivity contribution in [2.24, 2.45) is 0 Å². The number of fused-ring (bicyclic) bond motifs is 1. The maximum atomic E-state index is 12.6. The quantitative estimate of drug-likeness (QED) is 0.919. The highest BCUT2D eigenvalue weighted by Gasteiger charge is 2.16. The Labute approximate surface area is 136 Å². The van der Waals surface area contributed by atoms with Gasteiger partial charge in [-0.25, -0.2) is 0 Å². The van der Waals surface area contributed by atoms with Gasteiger partial charge in [-0.3, -0.25) is 4.79 Å². The summed E-state index contributed by atoms with van der Waals surface area (Å²) in [6.45, 7) is 5.36. The van der Waals surface area contributed by atoms with Gasteiger partial charge in [0.25, 0.3) is 5.91 Å². The number of anilines is 1. The summed E-state index contributed by atoms with van der Waals surface area (Å²) in [6, 6.07) is 13.2. The monoisotopic (exact) mass is 311 g/mol. The number of hydrogen-bond donors (Lipinski definition) is 1. The van der Waals surface area contributed by atoms with Crippen LogP contribution in [-0.2, 0) is 0 Å². The van der Waals surface area contributed by atoms with Gasteiger partial charge in [0.15, 0.2) is 11.5 Å². The minimum absolute atomic E-state index is 0.141. The third-order valence-corrected chi connectivity index (χ3v) is 4.16. The molecule has 0 aromatic heterocycles. The Morgan fingerprint density at radius 3 is 2.65 bits per heavy atom. The van der Waals surface area contributed by atoms with E-state index in [1.54, 1.807) is 18.2 Å². The third kappa shape index (κ3) is 3.31. The van der Waals surface area contributed by atoms with Crippen molar-refractivity contribution < 1.29 is 14.3 Å².